The Morgan fingerprint density at radius 2 is 1.81 bits per heavy atom. The number of fused-ring (bicyclic) bond motifs is 1. The van der Waals surface area contributed by atoms with Gasteiger partial charge in [0, 0.05) is 32.0 Å². The molecule has 1 N–H and O–H groups in total. The van der Waals surface area contributed by atoms with Crippen molar-refractivity contribution in [2.75, 3.05) is 32.8 Å². The number of nitrogens with zero attached hydrogens (tertiary/aromatic N) is 3. The smallest absolute Gasteiger partial charge is 0.242 e. The van der Waals surface area contributed by atoms with E-state index in [1.165, 1.54) is 19.3 Å². The molecule has 174 valence electrons. The minimum atomic E-state index is 0.128. The van der Waals surface area contributed by atoms with E-state index >= 15 is 0 Å². The number of hydrogen-bond acceptors (Lipinski definition) is 4. The molecule has 32 heavy (non-hydrogen) atoms. The molecule has 1 aromatic carbocycles. The number of unbranched alkanes of at least 4 members (excludes halogenated alkanes) is 2. The number of rotatable bonds is 9. The summed E-state index contributed by atoms with van der Waals surface area (Å²) in [6.45, 7) is 3.62. The lowest BCUT2D eigenvalue weighted by Crippen LogP contribution is -2.42. The minimum absolute atomic E-state index is 0.128. The average molecular weight is 441 g/mol. The Hall–Kier alpha value is -2.41. The van der Waals surface area contributed by atoms with Gasteiger partial charge in [-0.25, -0.2) is 4.98 Å². The monoisotopic (exact) mass is 440 g/mol. The van der Waals surface area contributed by atoms with E-state index in [9.17, 15) is 9.59 Å². The molecule has 2 fully saturated rings. The number of ether oxygens (including phenoxy) is 1. The van der Waals surface area contributed by atoms with Gasteiger partial charge in [0.15, 0.2) is 0 Å². The van der Waals surface area contributed by atoms with E-state index in [1.807, 2.05) is 29.2 Å². The number of para-hydroxylation sites is 2. The SMILES string of the molecule is O=C(NCCCCCc1nc2ccccc2n1CC(=O)N1CCOCC1)C1CCCCC1. The average Bonchev–Trinajstić information content (AvgIpc) is 3.19. The fraction of sp³-hybridized carbons (Fsp3) is 0.640. The van der Waals surface area contributed by atoms with Crippen LogP contribution in [0.15, 0.2) is 24.3 Å². The lowest BCUT2D eigenvalue weighted by atomic mass is 9.89. The molecular formula is C25H36N4O3. The summed E-state index contributed by atoms with van der Waals surface area (Å²) in [6.07, 6.45) is 9.58. The van der Waals surface area contributed by atoms with Crippen molar-refractivity contribution in [2.45, 2.75) is 64.3 Å². The summed E-state index contributed by atoms with van der Waals surface area (Å²) in [5.74, 6) is 1.57. The van der Waals surface area contributed by atoms with Gasteiger partial charge in [0.2, 0.25) is 11.8 Å². The zero-order valence-electron chi connectivity index (χ0n) is 19.1. The Labute approximate surface area is 190 Å². The molecule has 7 heteroatoms. The van der Waals surface area contributed by atoms with Gasteiger partial charge >= 0.3 is 0 Å². The summed E-state index contributed by atoms with van der Waals surface area (Å²) in [5, 5.41) is 3.13. The molecule has 0 spiro atoms. The number of aromatic nitrogens is 2. The van der Waals surface area contributed by atoms with E-state index in [1.54, 1.807) is 0 Å². The van der Waals surface area contributed by atoms with E-state index in [0.717, 1.165) is 61.9 Å². The van der Waals surface area contributed by atoms with Crippen molar-refractivity contribution in [3.8, 4) is 0 Å². The second-order valence-electron chi connectivity index (χ2n) is 9.03. The van der Waals surface area contributed by atoms with Crippen molar-refractivity contribution in [1.29, 1.82) is 0 Å². The number of imidazole rings is 1. The number of hydrogen-bond donors (Lipinski definition) is 1. The van der Waals surface area contributed by atoms with Crippen LogP contribution in [0, 0.1) is 5.92 Å². The maximum atomic E-state index is 12.9. The molecule has 0 atom stereocenters. The molecule has 0 radical (unpaired) electrons. The maximum Gasteiger partial charge on any atom is 0.242 e. The van der Waals surface area contributed by atoms with Gasteiger partial charge in [-0.1, -0.05) is 37.8 Å². The summed E-state index contributed by atoms with van der Waals surface area (Å²) >= 11 is 0. The Bertz CT molecular complexity index is 898. The van der Waals surface area contributed by atoms with Crippen LogP contribution in [0.4, 0.5) is 0 Å². The van der Waals surface area contributed by atoms with Gasteiger partial charge in [0.05, 0.1) is 24.2 Å². The van der Waals surface area contributed by atoms with Crippen LogP contribution in [0.5, 0.6) is 0 Å². The van der Waals surface area contributed by atoms with Gasteiger partial charge in [-0.05, 0) is 37.8 Å². The standard InChI is InChI=1S/C25H36N4O3/c30-24(28-15-17-32-18-16-28)19-29-22-12-7-6-11-21(22)27-23(29)13-5-2-8-14-26-25(31)20-9-3-1-4-10-20/h6-7,11-12,20H,1-5,8-10,13-19H2,(H,26,31). The lowest BCUT2D eigenvalue weighted by Gasteiger charge is -2.27. The molecule has 0 bridgehead atoms. The number of carbonyl (C=O) groups is 2. The summed E-state index contributed by atoms with van der Waals surface area (Å²) in [4.78, 5) is 31.8. The van der Waals surface area contributed by atoms with Gasteiger partial charge in [0.25, 0.3) is 0 Å². The van der Waals surface area contributed by atoms with Gasteiger partial charge in [0.1, 0.15) is 12.4 Å². The predicted molar refractivity (Wildman–Crippen MR) is 124 cm³/mol. The van der Waals surface area contributed by atoms with Gasteiger partial charge in [-0.2, -0.15) is 0 Å². The van der Waals surface area contributed by atoms with E-state index in [2.05, 4.69) is 9.88 Å². The number of carbonyl (C=O) groups excluding carboxylic acids is 2. The van der Waals surface area contributed by atoms with Gasteiger partial charge < -0.3 is 19.5 Å². The van der Waals surface area contributed by atoms with Crippen molar-refractivity contribution >= 4 is 22.8 Å². The molecule has 2 aromatic rings. The molecule has 1 saturated carbocycles. The summed E-state index contributed by atoms with van der Waals surface area (Å²) < 4.78 is 7.46. The Balaban J connectivity index is 1.27. The molecular weight excluding hydrogens is 404 g/mol. The molecule has 4 rings (SSSR count). The van der Waals surface area contributed by atoms with E-state index in [-0.39, 0.29) is 17.7 Å². The van der Waals surface area contributed by atoms with E-state index < -0.39 is 0 Å². The third kappa shape index (κ3) is 5.88. The third-order valence-electron chi connectivity index (χ3n) is 6.74. The van der Waals surface area contributed by atoms with Crippen LogP contribution in [0.1, 0.15) is 57.2 Å². The number of amides is 2. The van der Waals surface area contributed by atoms with E-state index in [0.29, 0.717) is 32.8 Å². The van der Waals surface area contributed by atoms with Crippen molar-refractivity contribution in [2.24, 2.45) is 5.92 Å². The van der Waals surface area contributed by atoms with E-state index in [4.69, 9.17) is 9.72 Å². The van der Waals surface area contributed by atoms with Crippen LogP contribution >= 0.6 is 0 Å². The highest BCUT2D eigenvalue weighted by Crippen LogP contribution is 2.23. The number of nitrogens with one attached hydrogen (secondary N) is 1. The zero-order valence-corrected chi connectivity index (χ0v) is 19.1. The second-order valence-corrected chi connectivity index (χ2v) is 9.03. The lowest BCUT2D eigenvalue weighted by molar-refractivity contribution is -0.135. The summed E-state index contributed by atoms with van der Waals surface area (Å²) in [5.41, 5.74) is 1.96. The second kappa shape index (κ2) is 11.5. The maximum absolute atomic E-state index is 12.9. The number of morpholine rings is 1. The summed E-state index contributed by atoms with van der Waals surface area (Å²) in [6, 6.07) is 8.04. The largest absolute Gasteiger partial charge is 0.378 e. The number of aryl methyl sites for hydroxylation is 1. The van der Waals surface area contributed by atoms with Crippen molar-refractivity contribution in [3.63, 3.8) is 0 Å². The summed E-state index contributed by atoms with van der Waals surface area (Å²) in [7, 11) is 0. The quantitative estimate of drug-likeness (QED) is 0.607. The van der Waals surface area contributed by atoms with Crippen LogP contribution < -0.4 is 5.32 Å². The normalized spacial score (nSPS) is 17.6. The van der Waals surface area contributed by atoms with Gasteiger partial charge in [-0.15, -0.1) is 0 Å². The Morgan fingerprint density at radius 1 is 1.03 bits per heavy atom. The molecule has 7 nitrogen and oxygen atoms in total. The fourth-order valence-corrected chi connectivity index (χ4v) is 4.85. The predicted octanol–water partition coefficient (Wildman–Crippen LogP) is 3.30. The topological polar surface area (TPSA) is 76.5 Å². The Kier molecular flexibility index (Phi) is 8.15. The fourth-order valence-electron chi connectivity index (χ4n) is 4.85. The van der Waals surface area contributed by atoms with Crippen molar-refractivity contribution in [3.05, 3.63) is 30.1 Å². The van der Waals surface area contributed by atoms with Crippen LogP contribution in [0.2, 0.25) is 0 Å². The van der Waals surface area contributed by atoms with Crippen molar-refractivity contribution in [1.82, 2.24) is 19.8 Å². The third-order valence-corrected chi connectivity index (χ3v) is 6.74. The van der Waals surface area contributed by atoms with Crippen LogP contribution in [-0.2, 0) is 27.3 Å². The minimum Gasteiger partial charge on any atom is -0.378 e. The highest BCUT2D eigenvalue weighted by atomic mass is 16.5. The van der Waals surface area contributed by atoms with Crippen LogP contribution in [-0.4, -0.2) is 59.1 Å². The molecule has 1 aliphatic heterocycles. The van der Waals surface area contributed by atoms with Gasteiger partial charge in [-0.3, -0.25) is 9.59 Å². The van der Waals surface area contributed by atoms with Crippen molar-refractivity contribution < 1.29 is 14.3 Å². The van der Waals surface area contributed by atoms with Crippen LogP contribution in [0.25, 0.3) is 11.0 Å². The molecule has 1 saturated heterocycles. The molecule has 2 amide bonds. The first kappa shape index (κ1) is 22.8. The first-order chi connectivity index (χ1) is 15.7. The highest BCUT2D eigenvalue weighted by molar-refractivity contribution is 5.81. The number of benzene rings is 1. The highest BCUT2D eigenvalue weighted by Gasteiger charge is 2.21. The zero-order chi connectivity index (χ0) is 22.2. The molecule has 1 aromatic heterocycles. The molecule has 0 unspecified atom stereocenters. The first-order valence-corrected chi connectivity index (χ1v) is 12.3. The molecule has 2 aliphatic rings. The Morgan fingerprint density at radius 3 is 2.62 bits per heavy atom. The van der Waals surface area contributed by atoms with Crippen LogP contribution in [0.3, 0.4) is 0 Å². The molecule has 2 heterocycles. The first-order valence-electron chi connectivity index (χ1n) is 12.3. The molecule has 1 aliphatic carbocycles.